The van der Waals surface area contributed by atoms with E-state index in [9.17, 15) is 13.2 Å². The van der Waals surface area contributed by atoms with Crippen molar-refractivity contribution >= 4 is 44.8 Å². The Hall–Kier alpha value is -2.36. The first-order chi connectivity index (χ1) is 15.2. The van der Waals surface area contributed by atoms with Crippen LogP contribution in [0.4, 0.5) is 5.69 Å². The molecule has 0 aliphatic heterocycles. The standard InChI is InChI=1S/C22H25ClN4O3S2/c1-4-19(21(28)24-18-9-7-6-8-17(18)23)31-22-26-25-20(27(22)5-2)14-32(29,30)16-12-10-15(3)11-13-16/h6-13,19H,4-5,14H2,1-3H3,(H,24,28). The van der Waals surface area contributed by atoms with Crippen LogP contribution in [0.5, 0.6) is 0 Å². The molecule has 0 radical (unpaired) electrons. The Morgan fingerprint density at radius 3 is 2.44 bits per heavy atom. The minimum atomic E-state index is -3.57. The topological polar surface area (TPSA) is 93.9 Å². The van der Waals surface area contributed by atoms with Gasteiger partial charge in [-0.3, -0.25) is 4.79 Å². The Balaban J connectivity index is 1.78. The molecule has 1 heterocycles. The number of carbonyl (C=O) groups is 1. The molecule has 0 aliphatic rings. The van der Waals surface area contributed by atoms with Gasteiger partial charge in [-0.25, -0.2) is 8.42 Å². The lowest BCUT2D eigenvalue weighted by Gasteiger charge is -2.15. The van der Waals surface area contributed by atoms with Crippen LogP contribution in [0, 0.1) is 6.92 Å². The zero-order valence-electron chi connectivity index (χ0n) is 18.1. The number of nitrogens with one attached hydrogen (secondary N) is 1. The van der Waals surface area contributed by atoms with Gasteiger partial charge in [0.1, 0.15) is 11.6 Å². The van der Waals surface area contributed by atoms with Gasteiger partial charge in [-0.1, -0.05) is 60.1 Å². The number of anilines is 1. The maximum Gasteiger partial charge on any atom is 0.238 e. The number of hydrogen-bond donors (Lipinski definition) is 1. The minimum absolute atomic E-state index is 0.204. The van der Waals surface area contributed by atoms with Crippen LogP contribution < -0.4 is 5.32 Å². The van der Waals surface area contributed by atoms with Crippen LogP contribution in [-0.4, -0.2) is 34.3 Å². The predicted molar refractivity (Wildman–Crippen MR) is 128 cm³/mol. The third kappa shape index (κ3) is 5.70. The van der Waals surface area contributed by atoms with Crippen LogP contribution in [0.15, 0.2) is 58.6 Å². The van der Waals surface area contributed by atoms with E-state index in [0.717, 1.165) is 5.56 Å². The van der Waals surface area contributed by atoms with Gasteiger partial charge >= 0.3 is 0 Å². The van der Waals surface area contributed by atoms with E-state index in [1.165, 1.54) is 11.8 Å². The van der Waals surface area contributed by atoms with E-state index in [4.69, 9.17) is 11.6 Å². The molecule has 0 saturated heterocycles. The lowest BCUT2D eigenvalue weighted by molar-refractivity contribution is -0.115. The molecule has 170 valence electrons. The van der Waals surface area contributed by atoms with Crippen molar-refractivity contribution in [3.8, 4) is 0 Å². The van der Waals surface area contributed by atoms with Crippen molar-refractivity contribution in [3.05, 3.63) is 64.9 Å². The van der Waals surface area contributed by atoms with Crippen LogP contribution in [0.25, 0.3) is 0 Å². The van der Waals surface area contributed by atoms with Gasteiger partial charge in [0.05, 0.1) is 20.9 Å². The Bertz CT molecular complexity index is 1190. The normalized spacial score (nSPS) is 12.5. The first kappa shape index (κ1) is 24.3. The Kier molecular flexibility index (Phi) is 7.97. The Labute approximate surface area is 197 Å². The van der Waals surface area contributed by atoms with Crippen molar-refractivity contribution in [2.45, 2.75) is 54.8 Å². The molecule has 7 nitrogen and oxygen atoms in total. The van der Waals surface area contributed by atoms with Crippen LogP contribution in [-0.2, 0) is 26.9 Å². The summed E-state index contributed by atoms with van der Waals surface area (Å²) in [6, 6.07) is 13.8. The fraction of sp³-hybridized carbons (Fsp3) is 0.318. The van der Waals surface area contributed by atoms with Crippen molar-refractivity contribution in [1.82, 2.24) is 14.8 Å². The maximum atomic E-state index is 12.8. The van der Waals surface area contributed by atoms with E-state index in [0.29, 0.717) is 34.7 Å². The zero-order chi connectivity index (χ0) is 23.3. The molecular formula is C22H25ClN4O3S2. The van der Waals surface area contributed by atoms with Crippen molar-refractivity contribution < 1.29 is 13.2 Å². The summed E-state index contributed by atoms with van der Waals surface area (Å²) >= 11 is 7.40. The molecule has 1 amide bonds. The maximum absolute atomic E-state index is 12.8. The van der Waals surface area contributed by atoms with Crippen molar-refractivity contribution in [2.24, 2.45) is 0 Å². The summed E-state index contributed by atoms with van der Waals surface area (Å²) < 4.78 is 27.4. The highest BCUT2D eigenvalue weighted by atomic mass is 35.5. The summed E-state index contributed by atoms with van der Waals surface area (Å²) in [5, 5.41) is 11.7. The zero-order valence-corrected chi connectivity index (χ0v) is 20.5. The van der Waals surface area contributed by atoms with Crippen LogP contribution in [0.3, 0.4) is 0 Å². The van der Waals surface area contributed by atoms with Crippen molar-refractivity contribution in [3.63, 3.8) is 0 Å². The number of thioether (sulfide) groups is 1. The molecule has 3 aromatic rings. The molecule has 0 saturated carbocycles. The second kappa shape index (κ2) is 10.5. The minimum Gasteiger partial charge on any atom is -0.324 e. The molecule has 10 heteroatoms. The first-order valence-corrected chi connectivity index (χ1v) is 13.1. The van der Waals surface area contributed by atoms with Gasteiger partial charge < -0.3 is 9.88 Å². The largest absolute Gasteiger partial charge is 0.324 e. The number of aryl methyl sites for hydroxylation is 1. The van der Waals surface area contributed by atoms with E-state index in [1.54, 1.807) is 53.1 Å². The molecule has 0 fully saturated rings. The number of nitrogens with zero attached hydrogens (tertiary/aromatic N) is 3. The van der Waals surface area contributed by atoms with Gasteiger partial charge in [0, 0.05) is 6.54 Å². The number of hydrogen-bond acceptors (Lipinski definition) is 6. The van der Waals surface area contributed by atoms with E-state index >= 15 is 0 Å². The lowest BCUT2D eigenvalue weighted by Crippen LogP contribution is -2.25. The first-order valence-electron chi connectivity index (χ1n) is 10.2. The van der Waals surface area contributed by atoms with Crippen molar-refractivity contribution in [2.75, 3.05) is 5.32 Å². The molecule has 32 heavy (non-hydrogen) atoms. The fourth-order valence-electron chi connectivity index (χ4n) is 3.05. The van der Waals surface area contributed by atoms with E-state index in [1.807, 2.05) is 20.8 Å². The molecule has 1 aromatic heterocycles. The quantitative estimate of drug-likeness (QED) is 0.433. The summed E-state index contributed by atoms with van der Waals surface area (Å²) in [6.45, 7) is 6.18. The summed E-state index contributed by atoms with van der Waals surface area (Å²) in [5.41, 5.74) is 1.53. The Morgan fingerprint density at radius 2 is 1.81 bits per heavy atom. The third-order valence-corrected chi connectivity index (χ3v) is 8.15. The monoisotopic (exact) mass is 492 g/mol. The number of rotatable bonds is 9. The number of amides is 1. The highest BCUT2D eigenvalue weighted by Gasteiger charge is 2.25. The number of aromatic nitrogens is 3. The molecule has 1 unspecified atom stereocenters. The predicted octanol–water partition coefficient (Wildman–Crippen LogP) is 4.74. The molecule has 0 aliphatic carbocycles. The number of carbonyl (C=O) groups excluding carboxylic acids is 1. The second-order valence-corrected chi connectivity index (χ2v) is 10.8. The summed E-state index contributed by atoms with van der Waals surface area (Å²) in [5.74, 6) is -0.123. The average molecular weight is 493 g/mol. The van der Waals surface area contributed by atoms with Gasteiger partial charge in [-0.2, -0.15) is 0 Å². The smallest absolute Gasteiger partial charge is 0.238 e. The molecule has 0 bridgehead atoms. The van der Waals surface area contributed by atoms with E-state index in [-0.39, 0.29) is 16.6 Å². The molecule has 0 spiro atoms. The van der Waals surface area contributed by atoms with Gasteiger partial charge in [-0.15, -0.1) is 10.2 Å². The molecule has 3 rings (SSSR count). The number of benzene rings is 2. The van der Waals surface area contributed by atoms with Crippen molar-refractivity contribution in [1.29, 1.82) is 0 Å². The highest BCUT2D eigenvalue weighted by molar-refractivity contribution is 8.00. The Morgan fingerprint density at radius 1 is 1.12 bits per heavy atom. The van der Waals surface area contributed by atoms with E-state index < -0.39 is 15.1 Å². The van der Waals surface area contributed by atoms with E-state index in [2.05, 4.69) is 15.5 Å². The average Bonchev–Trinajstić information content (AvgIpc) is 3.14. The second-order valence-electron chi connectivity index (χ2n) is 7.20. The summed E-state index contributed by atoms with van der Waals surface area (Å²) in [4.78, 5) is 13.0. The summed E-state index contributed by atoms with van der Waals surface area (Å²) in [6.07, 6.45) is 0.550. The number of halogens is 1. The molecular weight excluding hydrogens is 468 g/mol. The SMILES string of the molecule is CCC(Sc1nnc(CS(=O)(=O)c2ccc(C)cc2)n1CC)C(=O)Nc1ccccc1Cl. The number of sulfone groups is 1. The van der Waals surface area contributed by atoms with Gasteiger partial charge in [0.15, 0.2) is 15.0 Å². The summed E-state index contributed by atoms with van der Waals surface area (Å²) in [7, 11) is -3.57. The lowest BCUT2D eigenvalue weighted by atomic mass is 10.2. The van der Waals surface area contributed by atoms with Crippen LogP contribution in [0.2, 0.25) is 5.02 Å². The van der Waals surface area contributed by atoms with Gasteiger partial charge in [-0.05, 0) is 44.5 Å². The molecule has 1 atom stereocenters. The molecule has 1 N–H and O–H groups in total. The third-order valence-electron chi connectivity index (χ3n) is 4.85. The van der Waals surface area contributed by atoms with Crippen LogP contribution >= 0.6 is 23.4 Å². The van der Waals surface area contributed by atoms with Gasteiger partial charge in [0.2, 0.25) is 5.91 Å². The highest BCUT2D eigenvalue weighted by Crippen LogP contribution is 2.28. The fourth-order valence-corrected chi connectivity index (χ4v) is 5.55. The molecule has 2 aromatic carbocycles. The number of para-hydroxylation sites is 1. The van der Waals surface area contributed by atoms with Gasteiger partial charge in [0.25, 0.3) is 0 Å². The van der Waals surface area contributed by atoms with Crippen LogP contribution in [0.1, 0.15) is 31.7 Å².